The number of carboxylic acid groups (broad SMARTS) is 1. The van der Waals surface area contributed by atoms with Crippen LogP contribution in [0.5, 0.6) is 0 Å². The Balaban J connectivity index is 2.86. The van der Waals surface area contributed by atoms with Crippen LogP contribution in [0.1, 0.15) is 20.8 Å². The zero-order valence-corrected chi connectivity index (χ0v) is 8.02. The molecule has 0 spiro atoms. The molecule has 1 saturated heterocycles. The van der Waals surface area contributed by atoms with Crippen molar-refractivity contribution < 1.29 is 19.7 Å². The molecule has 0 radical (unpaired) electrons. The normalized spacial score (nSPS) is 28.9. The Hall–Kier alpha value is -0.810. The predicted molar refractivity (Wildman–Crippen MR) is 45.4 cm³/mol. The summed E-state index contributed by atoms with van der Waals surface area (Å²) < 4.78 is 5.27. The summed E-state index contributed by atoms with van der Waals surface area (Å²) in [5.74, 6) is 0. The van der Waals surface area contributed by atoms with E-state index < -0.39 is 24.0 Å². The first-order valence-corrected chi connectivity index (χ1v) is 4.20. The van der Waals surface area contributed by atoms with E-state index in [0.29, 0.717) is 0 Å². The van der Waals surface area contributed by atoms with Gasteiger partial charge in [-0.3, -0.25) is 4.90 Å². The number of aliphatic hydroxyl groups excluding tert-OH is 1. The van der Waals surface area contributed by atoms with Crippen LogP contribution in [0.25, 0.3) is 0 Å². The number of hydrogen-bond donors (Lipinski definition) is 2. The summed E-state index contributed by atoms with van der Waals surface area (Å²) in [4.78, 5) is 12.0. The van der Waals surface area contributed by atoms with E-state index >= 15 is 0 Å². The first-order valence-electron chi connectivity index (χ1n) is 4.20. The monoisotopic (exact) mass is 189 g/mol. The molecular weight excluding hydrogens is 174 g/mol. The topological polar surface area (TPSA) is 70.0 Å². The minimum atomic E-state index is -1.06. The van der Waals surface area contributed by atoms with Crippen LogP contribution >= 0.6 is 0 Å². The second-order valence-corrected chi connectivity index (χ2v) is 3.72. The molecule has 1 aliphatic heterocycles. The summed E-state index contributed by atoms with van der Waals surface area (Å²) in [6.45, 7) is 5.15. The molecule has 0 aromatic carbocycles. The van der Waals surface area contributed by atoms with Gasteiger partial charge in [0.15, 0.2) is 0 Å². The Labute approximate surface area is 76.9 Å². The van der Waals surface area contributed by atoms with Crippen LogP contribution in [0.4, 0.5) is 4.79 Å². The molecule has 5 nitrogen and oxygen atoms in total. The number of hydrogen-bond acceptors (Lipinski definition) is 3. The summed E-state index contributed by atoms with van der Waals surface area (Å²) in [6, 6.07) is -0.465. The molecule has 1 rings (SSSR count). The highest BCUT2D eigenvalue weighted by molar-refractivity contribution is 5.66. The van der Waals surface area contributed by atoms with Gasteiger partial charge in [0, 0.05) is 0 Å². The summed E-state index contributed by atoms with van der Waals surface area (Å²) >= 11 is 0. The number of nitrogens with zero attached hydrogens (tertiary/aromatic N) is 1. The fourth-order valence-electron chi connectivity index (χ4n) is 1.56. The minimum Gasteiger partial charge on any atom is -0.465 e. The lowest BCUT2D eigenvalue weighted by atomic mass is 10.1. The third kappa shape index (κ3) is 1.76. The average molecular weight is 189 g/mol. The maximum absolute atomic E-state index is 10.9. The molecule has 13 heavy (non-hydrogen) atoms. The molecule has 0 aliphatic carbocycles. The van der Waals surface area contributed by atoms with Crippen LogP contribution in [-0.2, 0) is 4.74 Å². The number of carbonyl (C=O) groups is 1. The molecule has 2 N–H and O–H groups in total. The predicted octanol–water partition coefficient (Wildman–Crippen LogP) is 0.482. The largest absolute Gasteiger partial charge is 0.465 e. The molecule has 1 unspecified atom stereocenters. The van der Waals surface area contributed by atoms with Gasteiger partial charge in [0.05, 0.1) is 18.8 Å². The van der Waals surface area contributed by atoms with Crippen LogP contribution in [0.15, 0.2) is 0 Å². The molecule has 0 aromatic rings. The molecule has 1 fully saturated rings. The van der Waals surface area contributed by atoms with Crippen molar-refractivity contribution in [3.05, 3.63) is 0 Å². The van der Waals surface area contributed by atoms with Crippen molar-refractivity contribution in [2.75, 3.05) is 6.61 Å². The molecule has 0 aromatic heterocycles. The van der Waals surface area contributed by atoms with Crippen LogP contribution in [0.2, 0.25) is 0 Å². The van der Waals surface area contributed by atoms with Crippen LogP contribution in [-0.4, -0.2) is 45.7 Å². The zero-order valence-electron chi connectivity index (χ0n) is 8.02. The van der Waals surface area contributed by atoms with Gasteiger partial charge in [0.1, 0.15) is 5.72 Å². The molecule has 5 heteroatoms. The lowest BCUT2D eigenvalue weighted by Gasteiger charge is -2.31. The summed E-state index contributed by atoms with van der Waals surface area (Å²) in [5.41, 5.74) is -0.840. The fourth-order valence-corrected chi connectivity index (χ4v) is 1.56. The standard InChI is InChI=1S/C8H15NO4/c1-5(10)6-4-13-8(2,3)9(6)7(11)12/h5-6,10H,4H2,1-3H3,(H,11,12)/t5?,6-/m0/s1. The van der Waals surface area contributed by atoms with Crippen molar-refractivity contribution in [1.29, 1.82) is 0 Å². The van der Waals surface area contributed by atoms with Gasteiger partial charge in [-0.1, -0.05) is 0 Å². The van der Waals surface area contributed by atoms with Crippen molar-refractivity contribution in [2.24, 2.45) is 0 Å². The van der Waals surface area contributed by atoms with Gasteiger partial charge < -0.3 is 14.9 Å². The zero-order chi connectivity index (χ0) is 10.2. The van der Waals surface area contributed by atoms with E-state index in [1.54, 1.807) is 20.8 Å². The molecule has 0 saturated carbocycles. The maximum Gasteiger partial charge on any atom is 0.409 e. The molecule has 1 aliphatic rings. The fraction of sp³-hybridized carbons (Fsp3) is 0.875. The highest BCUT2D eigenvalue weighted by atomic mass is 16.5. The summed E-state index contributed by atoms with van der Waals surface area (Å²) in [6.07, 6.45) is -1.77. The van der Waals surface area contributed by atoms with E-state index in [1.807, 2.05) is 0 Å². The van der Waals surface area contributed by atoms with Gasteiger partial charge in [-0.2, -0.15) is 0 Å². The molecule has 76 valence electrons. The minimum absolute atomic E-state index is 0.247. The van der Waals surface area contributed by atoms with Gasteiger partial charge in [-0.05, 0) is 20.8 Å². The number of aliphatic hydroxyl groups is 1. The van der Waals surface area contributed by atoms with Gasteiger partial charge in [-0.25, -0.2) is 4.79 Å². The second-order valence-electron chi connectivity index (χ2n) is 3.72. The van der Waals surface area contributed by atoms with Crippen LogP contribution in [0, 0.1) is 0 Å². The van der Waals surface area contributed by atoms with Crippen molar-refractivity contribution in [1.82, 2.24) is 4.90 Å². The second kappa shape index (κ2) is 3.16. The van der Waals surface area contributed by atoms with Gasteiger partial charge in [0.2, 0.25) is 0 Å². The highest BCUT2D eigenvalue weighted by Crippen LogP contribution is 2.28. The van der Waals surface area contributed by atoms with Crippen LogP contribution < -0.4 is 0 Å². The molecule has 2 atom stereocenters. The molecule has 0 bridgehead atoms. The SMILES string of the molecule is CC(O)[C@@H]1COC(C)(C)N1C(=O)O. The van der Waals surface area contributed by atoms with E-state index in [0.717, 1.165) is 4.90 Å². The number of amides is 1. The average Bonchev–Trinajstić information content (AvgIpc) is 2.24. The summed E-state index contributed by atoms with van der Waals surface area (Å²) in [5, 5.41) is 18.2. The van der Waals surface area contributed by atoms with Crippen molar-refractivity contribution >= 4 is 6.09 Å². The Bertz CT molecular complexity index is 214. The quantitative estimate of drug-likeness (QED) is 0.629. The number of rotatable bonds is 1. The van der Waals surface area contributed by atoms with Crippen molar-refractivity contribution in [3.8, 4) is 0 Å². The summed E-state index contributed by atoms with van der Waals surface area (Å²) in [7, 11) is 0. The number of ether oxygens (including phenoxy) is 1. The van der Waals surface area contributed by atoms with Crippen molar-refractivity contribution in [2.45, 2.75) is 38.6 Å². The Kier molecular flexibility index (Phi) is 2.49. The molecule has 1 amide bonds. The lowest BCUT2D eigenvalue weighted by Crippen LogP contribution is -2.50. The first-order chi connectivity index (χ1) is 5.86. The van der Waals surface area contributed by atoms with Gasteiger partial charge in [-0.15, -0.1) is 0 Å². The Morgan fingerprint density at radius 3 is 2.54 bits per heavy atom. The molecular formula is C8H15NO4. The van der Waals surface area contributed by atoms with E-state index in [1.165, 1.54) is 0 Å². The van der Waals surface area contributed by atoms with Gasteiger partial charge >= 0.3 is 6.09 Å². The molecule has 1 heterocycles. The third-order valence-electron chi connectivity index (χ3n) is 2.28. The van der Waals surface area contributed by atoms with Gasteiger partial charge in [0.25, 0.3) is 0 Å². The Morgan fingerprint density at radius 2 is 2.23 bits per heavy atom. The smallest absolute Gasteiger partial charge is 0.409 e. The van der Waals surface area contributed by atoms with Crippen molar-refractivity contribution in [3.63, 3.8) is 0 Å². The van der Waals surface area contributed by atoms with E-state index in [2.05, 4.69) is 0 Å². The van der Waals surface area contributed by atoms with Crippen LogP contribution in [0.3, 0.4) is 0 Å². The highest BCUT2D eigenvalue weighted by Gasteiger charge is 2.45. The maximum atomic E-state index is 10.9. The lowest BCUT2D eigenvalue weighted by molar-refractivity contribution is -0.0458. The van der Waals surface area contributed by atoms with E-state index in [-0.39, 0.29) is 6.61 Å². The van der Waals surface area contributed by atoms with E-state index in [4.69, 9.17) is 9.84 Å². The Morgan fingerprint density at radius 1 is 1.69 bits per heavy atom. The van der Waals surface area contributed by atoms with E-state index in [9.17, 15) is 9.90 Å². The third-order valence-corrected chi connectivity index (χ3v) is 2.28. The first kappa shape index (κ1) is 10.3.